The van der Waals surface area contributed by atoms with Crippen LogP contribution in [-0.2, 0) is 20.0 Å². The molecule has 2 heterocycles. The van der Waals surface area contributed by atoms with Gasteiger partial charge in [0.15, 0.2) is 5.78 Å². The van der Waals surface area contributed by atoms with E-state index in [9.17, 15) is 14.4 Å². The van der Waals surface area contributed by atoms with Gasteiger partial charge in [0.2, 0.25) is 0 Å². The minimum atomic E-state index is -0.565. The normalized spacial score (nSPS) is 10.6. The highest BCUT2D eigenvalue weighted by Gasteiger charge is 2.12. The van der Waals surface area contributed by atoms with Crippen molar-refractivity contribution in [3.8, 4) is 0 Å². The Balaban J connectivity index is 2.34. The van der Waals surface area contributed by atoms with Crippen molar-refractivity contribution in [1.29, 1.82) is 0 Å². The molecule has 2 aromatic heterocycles. The van der Waals surface area contributed by atoms with E-state index >= 15 is 0 Å². The number of carbonyl (C=O) groups is 1. The lowest BCUT2D eigenvalue weighted by atomic mass is 10.2. The summed E-state index contributed by atoms with van der Waals surface area (Å²) in [5.74, 6) is -0.177. The Kier molecular flexibility index (Phi) is 3.50. The summed E-state index contributed by atoms with van der Waals surface area (Å²) in [4.78, 5) is 37.4. The average Bonchev–Trinajstić information content (AvgIpc) is 2.79. The van der Waals surface area contributed by atoms with Gasteiger partial charge in [0, 0.05) is 25.0 Å². The second-order valence-electron chi connectivity index (χ2n) is 4.32. The molecule has 0 aliphatic rings. The molecular formula is C13H15N3O3. The zero-order valence-corrected chi connectivity index (χ0v) is 10.8. The van der Waals surface area contributed by atoms with E-state index in [1.165, 1.54) is 10.8 Å². The molecule has 0 atom stereocenters. The number of ketones is 1. The van der Waals surface area contributed by atoms with Crippen molar-refractivity contribution in [1.82, 2.24) is 14.1 Å². The summed E-state index contributed by atoms with van der Waals surface area (Å²) in [5, 5.41) is 0. The first kappa shape index (κ1) is 13.1. The van der Waals surface area contributed by atoms with Gasteiger partial charge < -0.3 is 4.57 Å². The monoisotopic (exact) mass is 261 g/mol. The lowest BCUT2D eigenvalue weighted by Crippen LogP contribution is -2.33. The highest BCUT2D eigenvalue weighted by atomic mass is 16.2. The second kappa shape index (κ2) is 5.09. The quantitative estimate of drug-likeness (QED) is 0.805. The number of rotatable bonds is 4. The Hall–Kier alpha value is -2.37. The molecule has 0 bridgehead atoms. The highest BCUT2D eigenvalue weighted by molar-refractivity contribution is 5.94. The first-order chi connectivity index (χ1) is 9.02. The molecule has 6 nitrogen and oxygen atoms in total. The van der Waals surface area contributed by atoms with E-state index in [0.29, 0.717) is 17.7 Å². The van der Waals surface area contributed by atoms with Crippen LogP contribution in [0.2, 0.25) is 0 Å². The van der Waals surface area contributed by atoms with Crippen molar-refractivity contribution in [3.05, 3.63) is 56.6 Å². The van der Waals surface area contributed by atoms with Crippen molar-refractivity contribution in [2.45, 2.75) is 19.9 Å². The molecule has 0 aromatic carbocycles. The van der Waals surface area contributed by atoms with Crippen LogP contribution in [-0.4, -0.2) is 19.9 Å². The Morgan fingerprint density at radius 2 is 2.11 bits per heavy atom. The number of hydrogen-bond donors (Lipinski definition) is 1. The van der Waals surface area contributed by atoms with Gasteiger partial charge >= 0.3 is 5.69 Å². The van der Waals surface area contributed by atoms with E-state index < -0.39 is 11.2 Å². The van der Waals surface area contributed by atoms with Crippen LogP contribution in [0, 0.1) is 0 Å². The molecule has 19 heavy (non-hydrogen) atoms. The zero-order valence-electron chi connectivity index (χ0n) is 10.8. The van der Waals surface area contributed by atoms with E-state index in [1.54, 1.807) is 29.9 Å². The maximum Gasteiger partial charge on any atom is 0.328 e. The molecule has 0 aliphatic heterocycles. The summed E-state index contributed by atoms with van der Waals surface area (Å²) < 4.78 is 2.93. The lowest BCUT2D eigenvalue weighted by Gasteiger charge is -2.06. The molecule has 0 spiro atoms. The first-order valence-corrected chi connectivity index (χ1v) is 6.00. The summed E-state index contributed by atoms with van der Waals surface area (Å²) in [6, 6.07) is 3.46. The number of carbonyl (C=O) groups excluding carboxylic acids is 1. The number of aromatic nitrogens is 3. The first-order valence-electron chi connectivity index (χ1n) is 6.00. The fourth-order valence-electron chi connectivity index (χ4n) is 1.91. The molecule has 0 unspecified atom stereocenters. The molecule has 0 fully saturated rings. The van der Waals surface area contributed by atoms with Crippen LogP contribution in [0.15, 0.2) is 34.1 Å². The molecule has 6 heteroatoms. The van der Waals surface area contributed by atoms with E-state index in [-0.39, 0.29) is 12.3 Å². The number of Topliss-reactive ketones (excluding diaryl/α,β-unsaturated/α-hetero) is 1. The van der Waals surface area contributed by atoms with Gasteiger partial charge in [-0.15, -0.1) is 0 Å². The molecule has 1 N–H and O–H groups in total. The minimum absolute atomic E-state index is 0.0829. The van der Waals surface area contributed by atoms with Crippen molar-refractivity contribution in [2.24, 2.45) is 7.05 Å². The second-order valence-corrected chi connectivity index (χ2v) is 4.32. The van der Waals surface area contributed by atoms with Gasteiger partial charge in [-0.1, -0.05) is 6.92 Å². The van der Waals surface area contributed by atoms with Crippen LogP contribution in [0.1, 0.15) is 23.0 Å². The molecule has 0 radical (unpaired) electrons. The maximum absolute atomic E-state index is 12.1. The third kappa shape index (κ3) is 2.57. The SMILES string of the molecule is CCc1cn(CC(=O)c2cccn2C)c(=O)[nH]c1=O. The van der Waals surface area contributed by atoms with E-state index in [2.05, 4.69) is 4.98 Å². The fraction of sp³-hybridized carbons (Fsp3) is 0.308. The molecule has 0 amide bonds. The van der Waals surface area contributed by atoms with Gasteiger partial charge in [-0.25, -0.2) is 4.79 Å². The van der Waals surface area contributed by atoms with Crippen LogP contribution in [0.3, 0.4) is 0 Å². The molecule has 100 valence electrons. The van der Waals surface area contributed by atoms with Gasteiger partial charge in [0.25, 0.3) is 5.56 Å². The van der Waals surface area contributed by atoms with Gasteiger partial charge in [0.05, 0.1) is 12.2 Å². The number of nitrogens with one attached hydrogen (secondary N) is 1. The molecule has 0 aliphatic carbocycles. The van der Waals surface area contributed by atoms with Crippen LogP contribution in [0.5, 0.6) is 0 Å². The number of hydrogen-bond acceptors (Lipinski definition) is 3. The molecular weight excluding hydrogens is 246 g/mol. The zero-order chi connectivity index (χ0) is 14.0. The fourth-order valence-corrected chi connectivity index (χ4v) is 1.91. The van der Waals surface area contributed by atoms with Crippen LogP contribution in [0.4, 0.5) is 0 Å². The molecule has 2 rings (SSSR count). The van der Waals surface area contributed by atoms with Crippen molar-refractivity contribution < 1.29 is 4.79 Å². The van der Waals surface area contributed by atoms with E-state index in [4.69, 9.17) is 0 Å². The maximum atomic E-state index is 12.1. The van der Waals surface area contributed by atoms with Gasteiger partial charge in [0.1, 0.15) is 0 Å². The number of aromatic amines is 1. The Morgan fingerprint density at radius 3 is 2.68 bits per heavy atom. The lowest BCUT2D eigenvalue weighted by molar-refractivity contribution is 0.0962. The number of aryl methyl sites for hydroxylation is 2. The smallest absolute Gasteiger partial charge is 0.328 e. The van der Waals surface area contributed by atoms with Gasteiger partial charge in [-0.3, -0.25) is 19.1 Å². The number of nitrogens with zero attached hydrogens (tertiary/aromatic N) is 2. The molecule has 2 aromatic rings. The third-order valence-corrected chi connectivity index (χ3v) is 3.01. The molecule has 0 saturated carbocycles. The van der Waals surface area contributed by atoms with Crippen molar-refractivity contribution >= 4 is 5.78 Å². The third-order valence-electron chi connectivity index (χ3n) is 3.01. The van der Waals surface area contributed by atoms with Crippen LogP contribution < -0.4 is 11.2 Å². The van der Waals surface area contributed by atoms with Crippen LogP contribution in [0.25, 0.3) is 0 Å². The van der Waals surface area contributed by atoms with Crippen LogP contribution >= 0.6 is 0 Å². The summed E-state index contributed by atoms with van der Waals surface area (Å²) in [6.45, 7) is 1.73. The van der Waals surface area contributed by atoms with E-state index in [1.807, 2.05) is 6.92 Å². The highest BCUT2D eigenvalue weighted by Crippen LogP contribution is 2.02. The van der Waals surface area contributed by atoms with Gasteiger partial charge in [-0.05, 0) is 18.6 Å². The predicted molar refractivity (Wildman–Crippen MR) is 70.4 cm³/mol. The van der Waals surface area contributed by atoms with E-state index in [0.717, 1.165) is 0 Å². The average molecular weight is 261 g/mol. The predicted octanol–water partition coefficient (Wildman–Crippen LogP) is 0.320. The van der Waals surface area contributed by atoms with Gasteiger partial charge in [-0.2, -0.15) is 0 Å². The Morgan fingerprint density at radius 1 is 1.37 bits per heavy atom. The van der Waals surface area contributed by atoms with Crippen molar-refractivity contribution in [2.75, 3.05) is 0 Å². The summed E-state index contributed by atoms with van der Waals surface area (Å²) in [5.41, 5.74) is 0.0512. The largest absolute Gasteiger partial charge is 0.348 e. The Labute approximate surface area is 109 Å². The topological polar surface area (TPSA) is 76.9 Å². The summed E-state index contributed by atoms with van der Waals surface area (Å²) in [6.07, 6.45) is 3.72. The van der Waals surface area contributed by atoms with Crippen molar-refractivity contribution in [3.63, 3.8) is 0 Å². The Bertz CT molecular complexity index is 721. The minimum Gasteiger partial charge on any atom is -0.348 e. The standard InChI is InChI=1S/C13H15N3O3/c1-3-9-7-16(13(19)14-12(9)18)8-11(17)10-5-4-6-15(10)2/h4-7H,3,8H2,1-2H3,(H,14,18,19). The number of H-pyrrole nitrogens is 1. The molecule has 0 saturated heterocycles. The summed E-state index contributed by atoms with van der Waals surface area (Å²) in [7, 11) is 1.76. The summed E-state index contributed by atoms with van der Waals surface area (Å²) >= 11 is 0.